The van der Waals surface area contributed by atoms with Crippen molar-refractivity contribution in [1.82, 2.24) is 0 Å². The third kappa shape index (κ3) is 3.99. The summed E-state index contributed by atoms with van der Waals surface area (Å²) in [6, 6.07) is 15.4. The molecule has 150 valence electrons. The van der Waals surface area contributed by atoms with Gasteiger partial charge in [0.1, 0.15) is 11.5 Å². The van der Waals surface area contributed by atoms with E-state index >= 15 is 0 Å². The number of hydrogen-bond acceptors (Lipinski definition) is 3. The quantitative estimate of drug-likeness (QED) is 0.650. The molecule has 3 unspecified atom stereocenters. The smallest absolute Gasteiger partial charge is 0.128 e. The average molecular weight is 380 g/mol. The molecule has 2 aliphatic heterocycles. The SMILES string of the molecule is CC1CC2c3c(cc(OC(C)CCCc4ccccc4)cc3OCC2(C)C)N1. The van der Waals surface area contributed by atoms with Crippen molar-refractivity contribution in [2.24, 2.45) is 5.41 Å². The van der Waals surface area contributed by atoms with Crippen LogP contribution in [0.5, 0.6) is 11.5 Å². The van der Waals surface area contributed by atoms with Gasteiger partial charge >= 0.3 is 0 Å². The molecule has 0 radical (unpaired) electrons. The molecule has 2 aromatic carbocycles. The second-order valence-corrected chi connectivity index (χ2v) is 9.30. The molecule has 2 aliphatic rings. The Balaban J connectivity index is 1.44. The van der Waals surface area contributed by atoms with Crippen LogP contribution >= 0.6 is 0 Å². The van der Waals surface area contributed by atoms with E-state index in [1.807, 2.05) is 0 Å². The maximum Gasteiger partial charge on any atom is 0.128 e. The summed E-state index contributed by atoms with van der Waals surface area (Å²) in [4.78, 5) is 0. The van der Waals surface area contributed by atoms with Crippen LogP contribution in [-0.2, 0) is 6.42 Å². The molecule has 4 rings (SSSR count). The summed E-state index contributed by atoms with van der Waals surface area (Å²) >= 11 is 0. The molecule has 0 fully saturated rings. The molecule has 1 N–H and O–H groups in total. The van der Waals surface area contributed by atoms with Crippen LogP contribution < -0.4 is 14.8 Å². The summed E-state index contributed by atoms with van der Waals surface area (Å²) in [5.74, 6) is 2.47. The molecule has 3 heteroatoms. The molecule has 0 aromatic heterocycles. The third-order valence-electron chi connectivity index (χ3n) is 6.25. The molecule has 0 saturated heterocycles. The fraction of sp³-hybridized carbons (Fsp3) is 0.520. The molecule has 0 aliphatic carbocycles. The lowest BCUT2D eigenvalue weighted by Crippen LogP contribution is -2.40. The van der Waals surface area contributed by atoms with Crippen molar-refractivity contribution >= 4 is 5.69 Å². The maximum atomic E-state index is 6.29. The van der Waals surface area contributed by atoms with Gasteiger partial charge < -0.3 is 14.8 Å². The summed E-state index contributed by atoms with van der Waals surface area (Å²) in [7, 11) is 0. The molecule has 0 spiro atoms. The molecule has 3 atom stereocenters. The minimum atomic E-state index is 0.172. The normalized spacial score (nSPS) is 23.1. The van der Waals surface area contributed by atoms with Crippen LogP contribution in [0.2, 0.25) is 0 Å². The topological polar surface area (TPSA) is 30.5 Å². The summed E-state index contributed by atoms with van der Waals surface area (Å²) in [6.07, 6.45) is 4.62. The van der Waals surface area contributed by atoms with Crippen LogP contribution in [0.25, 0.3) is 0 Å². The van der Waals surface area contributed by atoms with Gasteiger partial charge in [0.05, 0.1) is 12.7 Å². The lowest BCUT2D eigenvalue weighted by Gasteiger charge is -2.45. The van der Waals surface area contributed by atoms with Crippen LogP contribution in [0.15, 0.2) is 42.5 Å². The number of rotatable bonds is 6. The van der Waals surface area contributed by atoms with E-state index in [0.717, 1.165) is 43.8 Å². The maximum absolute atomic E-state index is 6.29. The Kier molecular flexibility index (Phi) is 5.27. The Morgan fingerprint density at radius 2 is 2.00 bits per heavy atom. The number of ether oxygens (including phenoxy) is 2. The zero-order valence-electron chi connectivity index (χ0n) is 17.6. The Hall–Kier alpha value is -2.16. The van der Waals surface area contributed by atoms with Gasteiger partial charge in [0, 0.05) is 34.8 Å². The van der Waals surface area contributed by atoms with Crippen molar-refractivity contribution in [3.8, 4) is 11.5 Å². The van der Waals surface area contributed by atoms with Gasteiger partial charge in [-0.05, 0) is 51.0 Å². The molecule has 28 heavy (non-hydrogen) atoms. The summed E-state index contributed by atoms with van der Waals surface area (Å²) in [6.45, 7) is 9.85. The molecular formula is C25H33NO2. The van der Waals surface area contributed by atoms with Crippen LogP contribution in [-0.4, -0.2) is 18.8 Å². The number of nitrogens with one attached hydrogen (secondary N) is 1. The van der Waals surface area contributed by atoms with E-state index in [9.17, 15) is 0 Å². The van der Waals surface area contributed by atoms with Crippen LogP contribution in [0, 0.1) is 5.41 Å². The number of hydrogen-bond donors (Lipinski definition) is 1. The fourth-order valence-corrected chi connectivity index (χ4v) is 4.67. The lowest BCUT2D eigenvalue weighted by molar-refractivity contribution is 0.110. The van der Waals surface area contributed by atoms with Gasteiger partial charge in [0.15, 0.2) is 0 Å². The first-order valence-corrected chi connectivity index (χ1v) is 10.7. The van der Waals surface area contributed by atoms with Gasteiger partial charge in [0.2, 0.25) is 0 Å². The van der Waals surface area contributed by atoms with Crippen molar-refractivity contribution in [3.05, 3.63) is 53.6 Å². The molecule has 0 saturated carbocycles. The molecule has 0 bridgehead atoms. The molecular weight excluding hydrogens is 346 g/mol. The molecule has 3 nitrogen and oxygen atoms in total. The second kappa shape index (κ2) is 7.69. The van der Waals surface area contributed by atoms with Crippen LogP contribution in [0.4, 0.5) is 5.69 Å². The number of anilines is 1. The highest BCUT2D eigenvalue weighted by atomic mass is 16.5. The lowest BCUT2D eigenvalue weighted by atomic mass is 9.69. The zero-order valence-corrected chi connectivity index (χ0v) is 17.6. The van der Waals surface area contributed by atoms with Crippen LogP contribution in [0.3, 0.4) is 0 Å². The first-order valence-electron chi connectivity index (χ1n) is 10.7. The Bertz CT molecular complexity index is 815. The van der Waals surface area contributed by atoms with Crippen molar-refractivity contribution < 1.29 is 9.47 Å². The monoisotopic (exact) mass is 379 g/mol. The van der Waals surface area contributed by atoms with Crippen molar-refractivity contribution in [1.29, 1.82) is 0 Å². The molecule has 2 aromatic rings. The van der Waals surface area contributed by atoms with E-state index in [-0.39, 0.29) is 11.5 Å². The Morgan fingerprint density at radius 3 is 2.79 bits per heavy atom. The van der Waals surface area contributed by atoms with E-state index in [1.165, 1.54) is 16.8 Å². The summed E-state index contributed by atoms with van der Waals surface area (Å²) < 4.78 is 12.4. The number of aryl methyl sites for hydroxylation is 1. The minimum absolute atomic E-state index is 0.172. The highest BCUT2D eigenvalue weighted by molar-refractivity contribution is 5.66. The van der Waals surface area contributed by atoms with Crippen molar-refractivity contribution in [3.63, 3.8) is 0 Å². The highest BCUT2D eigenvalue weighted by Gasteiger charge is 2.42. The van der Waals surface area contributed by atoms with Gasteiger partial charge in [-0.25, -0.2) is 0 Å². The molecule has 2 heterocycles. The predicted octanol–water partition coefficient (Wildman–Crippen LogP) is 6.18. The van der Waals surface area contributed by atoms with E-state index < -0.39 is 0 Å². The van der Waals surface area contributed by atoms with Gasteiger partial charge in [-0.15, -0.1) is 0 Å². The van der Waals surface area contributed by atoms with Crippen molar-refractivity contribution in [2.45, 2.75) is 71.4 Å². The van der Waals surface area contributed by atoms with E-state index in [1.54, 1.807) is 0 Å². The zero-order chi connectivity index (χ0) is 19.7. The van der Waals surface area contributed by atoms with Gasteiger partial charge in [0.25, 0.3) is 0 Å². The molecule has 0 amide bonds. The van der Waals surface area contributed by atoms with Gasteiger partial charge in [-0.2, -0.15) is 0 Å². The Labute approximate surface area is 169 Å². The standard InChI is InChI=1S/C25H33NO2/c1-17-13-21-24-22(26-17)14-20(15-23(24)27-16-25(21,3)4)28-18(2)9-8-12-19-10-6-5-7-11-19/h5-7,10-11,14-15,17-18,21,26H,8-9,12-13,16H2,1-4H3. The Morgan fingerprint density at radius 1 is 1.21 bits per heavy atom. The van der Waals surface area contributed by atoms with Crippen LogP contribution in [0.1, 0.15) is 64.0 Å². The highest BCUT2D eigenvalue weighted by Crippen LogP contribution is 2.53. The predicted molar refractivity (Wildman–Crippen MR) is 116 cm³/mol. The van der Waals surface area contributed by atoms with E-state index in [2.05, 4.69) is 75.5 Å². The fourth-order valence-electron chi connectivity index (χ4n) is 4.67. The minimum Gasteiger partial charge on any atom is -0.492 e. The first-order chi connectivity index (χ1) is 13.4. The summed E-state index contributed by atoms with van der Waals surface area (Å²) in [5, 5.41) is 3.65. The van der Waals surface area contributed by atoms with Gasteiger partial charge in [-0.3, -0.25) is 0 Å². The second-order valence-electron chi connectivity index (χ2n) is 9.30. The third-order valence-corrected chi connectivity index (χ3v) is 6.25. The summed E-state index contributed by atoms with van der Waals surface area (Å²) in [5.41, 5.74) is 4.11. The van der Waals surface area contributed by atoms with E-state index in [0.29, 0.717) is 12.0 Å². The largest absolute Gasteiger partial charge is 0.492 e. The van der Waals surface area contributed by atoms with Crippen molar-refractivity contribution in [2.75, 3.05) is 11.9 Å². The average Bonchev–Trinajstić information content (AvgIpc) is 2.65. The van der Waals surface area contributed by atoms with E-state index in [4.69, 9.17) is 9.47 Å². The first kappa shape index (κ1) is 19.2. The number of benzene rings is 2. The van der Waals surface area contributed by atoms with Gasteiger partial charge in [-0.1, -0.05) is 44.2 Å².